The largest absolute Gasteiger partial charge is 0.502 e. The van der Waals surface area contributed by atoms with Crippen molar-refractivity contribution >= 4 is 33.3 Å². The first kappa shape index (κ1) is 22.3. The second kappa shape index (κ2) is 9.59. The zero-order valence-electron chi connectivity index (χ0n) is 16.1. The maximum atomic E-state index is 11.1. The number of nitrogens with zero attached hydrogens (tertiary/aromatic N) is 1. The van der Waals surface area contributed by atoms with E-state index in [-0.39, 0.29) is 18.0 Å². The van der Waals surface area contributed by atoms with E-state index < -0.39 is 28.4 Å². The first-order valence-electron chi connectivity index (χ1n) is 9.25. The van der Waals surface area contributed by atoms with E-state index >= 15 is 0 Å². The van der Waals surface area contributed by atoms with Gasteiger partial charge in [-0.2, -0.15) is 0 Å². The number of hydrogen-bond donors (Lipinski definition) is 4. The molecule has 0 aromatic heterocycles. The molecule has 4 N–H and O–H groups in total. The molecule has 160 valence electrons. The van der Waals surface area contributed by atoms with Crippen molar-refractivity contribution in [2.75, 3.05) is 5.32 Å². The lowest BCUT2D eigenvalue weighted by atomic mass is 9.96. The zero-order chi connectivity index (χ0) is 22.5. The molecule has 0 saturated heterocycles. The number of rotatable bonds is 8. The lowest BCUT2D eigenvalue weighted by molar-refractivity contribution is -0.386. The number of nitro benzene ring substituents is 1. The summed E-state index contributed by atoms with van der Waals surface area (Å²) in [6.07, 6.45) is -0.886. The number of halogens is 1. The number of nitro groups is 1. The van der Waals surface area contributed by atoms with E-state index in [2.05, 4.69) is 21.2 Å². The van der Waals surface area contributed by atoms with Crippen LogP contribution in [0.25, 0.3) is 0 Å². The van der Waals surface area contributed by atoms with E-state index in [1.54, 1.807) is 12.1 Å². The van der Waals surface area contributed by atoms with Crippen LogP contribution in [0.5, 0.6) is 5.75 Å². The summed E-state index contributed by atoms with van der Waals surface area (Å²) in [5.41, 5.74) is 1.49. The van der Waals surface area contributed by atoms with Crippen LogP contribution in [0.15, 0.2) is 71.2 Å². The molecule has 0 aliphatic rings. The molecule has 0 aliphatic heterocycles. The molecule has 0 aliphatic carbocycles. The van der Waals surface area contributed by atoms with Gasteiger partial charge in [-0.3, -0.25) is 10.1 Å². The van der Waals surface area contributed by atoms with Gasteiger partial charge in [0.2, 0.25) is 0 Å². The molecule has 0 heterocycles. The van der Waals surface area contributed by atoms with Crippen molar-refractivity contribution in [2.24, 2.45) is 0 Å². The van der Waals surface area contributed by atoms with E-state index in [1.165, 1.54) is 24.3 Å². The molecule has 0 bridgehead atoms. The third-order valence-corrected chi connectivity index (χ3v) is 5.31. The predicted octanol–water partition coefficient (Wildman–Crippen LogP) is 5.04. The summed E-state index contributed by atoms with van der Waals surface area (Å²) < 4.78 is 0.885. The Hall–Kier alpha value is -3.43. The molecular weight excluding hydrogens is 468 g/mol. The standard InChI is InChI=1S/C22H19BrN2O6/c23-16-6-1-13(2-7-16)18(24-17-8-3-14(4-9-17)22(28)29)12-21(27)15-5-10-20(26)19(11-15)25(30)31/h1-11,18,21,24,26-27H,12H2,(H,28,29). The SMILES string of the molecule is O=C(O)c1ccc(NC(CC(O)c2ccc(O)c([N+](=O)[O-])c2)c2ccc(Br)cc2)cc1. The number of aromatic hydroxyl groups is 1. The monoisotopic (exact) mass is 486 g/mol. The van der Waals surface area contributed by atoms with Gasteiger partial charge in [0, 0.05) is 22.6 Å². The van der Waals surface area contributed by atoms with Gasteiger partial charge in [-0.15, -0.1) is 0 Å². The fraction of sp³-hybridized carbons (Fsp3) is 0.136. The number of carboxylic acids is 1. The molecule has 2 unspecified atom stereocenters. The predicted molar refractivity (Wildman–Crippen MR) is 118 cm³/mol. The van der Waals surface area contributed by atoms with Gasteiger partial charge in [-0.25, -0.2) is 4.79 Å². The zero-order valence-corrected chi connectivity index (χ0v) is 17.7. The number of carbonyl (C=O) groups is 1. The number of aliphatic hydroxyl groups is 1. The van der Waals surface area contributed by atoms with Gasteiger partial charge in [0.15, 0.2) is 5.75 Å². The lowest BCUT2D eigenvalue weighted by Gasteiger charge is -2.24. The summed E-state index contributed by atoms with van der Waals surface area (Å²) in [6, 6.07) is 17.1. The number of aromatic carboxylic acids is 1. The Balaban J connectivity index is 1.87. The van der Waals surface area contributed by atoms with Gasteiger partial charge in [0.25, 0.3) is 0 Å². The molecule has 0 amide bonds. The molecule has 3 rings (SSSR count). The van der Waals surface area contributed by atoms with Gasteiger partial charge >= 0.3 is 11.7 Å². The second-order valence-electron chi connectivity index (χ2n) is 6.89. The summed E-state index contributed by atoms with van der Waals surface area (Å²) in [6.45, 7) is 0. The smallest absolute Gasteiger partial charge is 0.335 e. The fourth-order valence-corrected chi connectivity index (χ4v) is 3.40. The average molecular weight is 487 g/mol. The highest BCUT2D eigenvalue weighted by Crippen LogP contribution is 2.34. The molecule has 2 atom stereocenters. The molecule has 8 nitrogen and oxygen atoms in total. The Morgan fingerprint density at radius 1 is 1.03 bits per heavy atom. The topological polar surface area (TPSA) is 133 Å². The second-order valence-corrected chi connectivity index (χ2v) is 7.80. The van der Waals surface area contributed by atoms with Crippen molar-refractivity contribution in [1.82, 2.24) is 0 Å². The van der Waals surface area contributed by atoms with Gasteiger partial charge in [-0.05, 0) is 53.6 Å². The Labute approximate surface area is 186 Å². The lowest BCUT2D eigenvalue weighted by Crippen LogP contribution is -2.15. The van der Waals surface area contributed by atoms with Crippen molar-refractivity contribution in [2.45, 2.75) is 18.6 Å². The van der Waals surface area contributed by atoms with E-state index in [0.717, 1.165) is 16.1 Å². The van der Waals surface area contributed by atoms with Gasteiger partial charge in [0.05, 0.1) is 22.6 Å². The van der Waals surface area contributed by atoms with E-state index in [1.807, 2.05) is 24.3 Å². The van der Waals surface area contributed by atoms with E-state index in [0.29, 0.717) is 11.3 Å². The van der Waals surface area contributed by atoms with E-state index in [9.17, 15) is 25.1 Å². The molecule has 3 aromatic carbocycles. The first-order valence-corrected chi connectivity index (χ1v) is 10.0. The van der Waals surface area contributed by atoms with Gasteiger partial charge < -0.3 is 20.6 Å². The molecule has 0 saturated carbocycles. The molecule has 9 heteroatoms. The maximum absolute atomic E-state index is 11.1. The number of anilines is 1. The highest BCUT2D eigenvalue weighted by atomic mass is 79.9. The van der Waals surface area contributed by atoms with Crippen molar-refractivity contribution in [3.63, 3.8) is 0 Å². The van der Waals surface area contributed by atoms with Crippen molar-refractivity contribution in [3.05, 3.63) is 98.0 Å². The highest BCUT2D eigenvalue weighted by Gasteiger charge is 2.22. The molecular formula is C22H19BrN2O6. The van der Waals surface area contributed by atoms with Crippen molar-refractivity contribution < 1.29 is 25.0 Å². The first-order chi connectivity index (χ1) is 14.7. The molecule has 31 heavy (non-hydrogen) atoms. The van der Waals surface area contributed by atoms with Crippen LogP contribution in [0, 0.1) is 10.1 Å². The third kappa shape index (κ3) is 5.59. The Morgan fingerprint density at radius 3 is 2.23 bits per heavy atom. The van der Waals surface area contributed by atoms with Crippen LogP contribution < -0.4 is 5.32 Å². The van der Waals surface area contributed by atoms with Crippen LogP contribution >= 0.6 is 15.9 Å². The Kier molecular flexibility index (Phi) is 6.88. The molecule has 0 radical (unpaired) electrons. The Bertz CT molecular complexity index is 1090. The molecule has 0 fully saturated rings. The normalized spacial score (nSPS) is 12.7. The van der Waals surface area contributed by atoms with Crippen LogP contribution in [0.2, 0.25) is 0 Å². The van der Waals surface area contributed by atoms with Crippen LogP contribution in [-0.4, -0.2) is 26.2 Å². The number of phenols is 1. The third-order valence-electron chi connectivity index (χ3n) is 4.79. The summed E-state index contributed by atoms with van der Waals surface area (Å²) in [7, 11) is 0. The molecule has 0 spiro atoms. The van der Waals surface area contributed by atoms with Crippen LogP contribution in [0.1, 0.15) is 40.1 Å². The summed E-state index contributed by atoms with van der Waals surface area (Å²) in [5.74, 6) is -1.50. The number of benzene rings is 3. The van der Waals surface area contributed by atoms with Crippen molar-refractivity contribution in [1.29, 1.82) is 0 Å². The fourth-order valence-electron chi connectivity index (χ4n) is 3.14. The number of carboxylic acid groups (broad SMARTS) is 1. The maximum Gasteiger partial charge on any atom is 0.335 e. The number of phenolic OH excluding ortho intramolecular Hbond substituents is 1. The number of hydrogen-bond acceptors (Lipinski definition) is 6. The summed E-state index contributed by atoms with van der Waals surface area (Å²) in [4.78, 5) is 21.5. The van der Waals surface area contributed by atoms with Crippen molar-refractivity contribution in [3.8, 4) is 5.75 Å². The minimum absolute atomic E-state index is 0.155. The Morgan fingerprint density at radius 2 is 1.65 bits per heavy atom. The quantitative estimate of drug-likeness (QED) is 0.259. The summed E-state index contributed by atoms with van der Waals surface area (Å²) >= 11 is 3.39. The number of nitrogens with one attached hydrogen (secondary N) is 1. The highest BCUT2D eigenvalue weighted by molar-refractivity contribution is 9.10. The van der Waals surface area contributed by atoms with Gasteiger partial charge in [-0.1, -0.05) is 34.1 Å². The van der Waals surface area contributed by atoms with Gasteiger partial charge in [0.1, 0.15) is 0 Å². The average Bonchev–Trinajstić information content (AvgIpc) is 2.74. The van der Waals surface area contributed by atoms with Crippen LogP contribution in [-0.2, 0) is 0 Å². The minimum Gasteiger partial charge on any atom is -0.502 e. The number of aliphatic hydroxyl groups excluding tert-OH is 1. The van der Waals surface area contributed by atoms with Crippen LogP contribution in [0.3, 0.4) is 0 Å². The van der Waals surface area contributed by atoms with E-state index in [4.69, 9.17) is 5.11 Å². The summed E-state index contributed by atoms with van der Waals surface area (Å²) in [5, 5.41) is 43.9. The minimum atomic E-state index is -1.06. The molecule has 3 aromatic rings. The van der Waals surface area contributed by atoms with Crippen LogP contribution in [0.4, 0.5) is 11.4 Å².